The summed E-state index contributed by atoms with van der Waals surface area (Å²) in [6.45, 7) is 0.456. The van der Waals surface area contributed by atoms with E-state index in [9.17, 15) is 8.42 Å². The van der Waals surface area contributed by atoms with E-state index in [1.54, 1.807) is 18.2 Å². The van der Waals surface area contributed by atoms with Gasteiger partial charge in [-0.2, -0.15) is 0 Å². The lowest BCUT2D eigenvalue weighted by molar-refractivity contribution is 0.309. The Morgan fingerprint density at radius 1 is 1.24 bits per heavy atom. The summed E-state index contributed by atoms with van der Waals surface area (Å²) >= 11 is 0. The van der Waals surface area contributed by atoms with Crippen LogP contribution in [-0.2, 0) is 10.0 Å². The monoisotopic (exact) mass is 307 g/mol. The third-order valence-electron chi connectivity index (χ3n) is 4.39. The minimum absolute atomic E-state index is 0.00541. The van der Waals surface area contributed by atoms with Gasteiger partial charge in [-0.1, -0.05) is 31.4 Å². The number of amidine groups is 1. The predicted octanol–water partition coefficient (Wildman–Crippen LogP) is 1.63. The maximum Gasteiger partial charge on any atom is 0.263 e. The molecule has 1 aliphatic carbocycles. The topological polar surface area (TPSA) is 84.5 Å². The molecule has 0 bridgehead atoms. The van der Waals surface area contributed by atoms with Crippen molar-refractivity contribution in [3.63, 3.8) is 0 Å². The molecule has 1 aromatic rings. The molecule has 1 unspecified atom stereocenters. The Balaban J connectivity index is 1.92. The second-order valence-corrected chi connectivity index (χ2v) is 7.43. The smallest absolute Gasteiger partial charge is 0.263 e. The van der Waals surface area contributed by atoms with Gasteiger partial charge >= 0.3 is 0 Å². The molecule has 1 saturated carbocycles. The summed E-state index contributed by atoms with van der Waals surface area (Å²) in [5.74, 6) is 0.917. The molecular weight excluding hydrogens is 286 g/mol. The van der Waals surface area contributed by atoms with Gasteiger partial charge in [0.1, 0.15) is 5.84 Å². The van der Waals surface area contributed by atoms with Crippen LogP contribution in [0, 0.1) is 5.92 Å². The third kappa shape index (κ3) is 2.82. The number of aliphatic imine (C=N–C) groups is 1. The van der Waals surface area contributed by atoms with Crippen molar-refractivity contribution in [2.24, 2.45) is 16.6 Å². The number of sulfonamides is 1. The van der Waals surface area contributed by atoms with Crippen molar-refractivity contribution in [2.45, 2.75) is 43.0 Å². The maximum atomic E-state index is 12.1. The van der Waals surface area contributed by atoms with Gasteiger partial charge in [0.05, 0.1) is 10.9 Å². The van der Waals surface area contributed by atoms with Crippen molar-refractivity contribution in [3.05, 3.63) is 29.8 Å². The molecular formula is C15H21N3O2S. The quantitative estimate of drug-likeness (QED) is 0.890. The Kier molecular flexibility index (Phi) is 3.99. The van der Waals surface area contributed by atoms with Crippen LogP contribution in [0.25, 0.3) is 0 Å². The van der Waals surface area contributed by atoms with Gasteiger partial charge in [0.15, 0.2) is 0 Å². The summed E-state index contributed by atoms with van der Waals surface area (Å²) in [7, 11) is -3.46. The molecule has 5 nitrogen and oxygen atoms in total. The number of nitrogens with one attached hydrogen (secondary N) is 1. The summed E-state index contributed by atoms with van der Waals surface area (Å²) in [5.41, 5.74) is 6.54. The van der Waals surface area contributed by atoms with Gasteiger partial charge in [0.25, 0.3) is 10.0 Å². The molecule has 0 radical (unpaired) electrons. The lowest BCUT2D eigenvalue weighted by Gasteiger charge is -2.27. The average Bonchev–Trinajstić information content (AvgIpc) is 2.77. The Bertz CT molecular complexity index is 649. The molecule has 3 N–H and O–H groups in total. The predicted molar refractivity (Wildman–Crippen MR) is 82.7 cm³/mol. The van der Waals surface area contributed by atoms with Crippen LogP contribution < -0.4 is 10.5 Å². The van der Waals surface area contributed by atoms with Crippen LogP contribution in [0.4, 0.5) is 0 Å². The van der Waals surface area contributed by atoms with Gasteiger partial charge in [-0.25, -0.2) is 8.42 Å². The Morgan fingerprint density at radius 2 is 1.95 bits per heavy atom. The molecule has 2 aliphatic rings. The minimum atomic E-state index is -3.46. The fourth-order valence-electron chi connectivity index (χ4n) is 3.27. The fourth-order valence-corrected chi connectivity index (χ4v) is 4.50. The second kappa shape index (κ2) is 5.77. The molecule has 114 valence electrons. The molecule has 6 heteroatoms. The molecule has 0 spiro atoms. The lowest BCUT2D eigenvalue weighted by Crippen LogP contribution is -2.32. The molecule has 0 amide bonds. The summed E-state index contributed by atoms with van der Waals surface area (Å²) in [6.07, 6.45) is 5.97. The van der Waals surface area contributed by atoms with Crippen molar-refractivity contribution >= 4 is 15.9 Å². The number of rotatable bonds is 3. The Hall–Kier alpha value is -1.40. The van der Waals surface area contributed by atoms with Crippen molar-refractivity contribution in [1.29, 1.82) is 0 Å². The molecule has 21 heavy (non-hydrogen) atoms. The minimum Gasteiger partial charge on any atom is -0.328 e. The molecule has 3 rings (SSSR count). The first kappa shape index (κ1) is 14.5. The van der Waals surface area contributed by atoms with Crippen molar-refractivity contribution in [1.82, 2.24) is 4.72 Å². The summed E-state index contributed by atoms with van der Waals surface area (Å²) in [4.78, 5) is 4.96. The Morgan fingerprint density at radius 3 is 2.67 bits per heavy atom. The van der Waals surface area contributed by atoms with E-state index in [1.807, 2.05) is 6.07 Å². The summed E-state index contributed by atoms with van der Waals surface area (Å²) < 4.78 is 26.7. The second-order valence-electron chi connectivity index (χ2n) is 5.78. The zero-order valence-corrected chi connectivity index (χ0v) is 12.8. The van der Waals surface area contributed by atoms with Crippen LogP contribution in [0.1, 0.15) is 37.7 Å². The van der Waals surface area contributed by atoms with Gasteiger partial charge < -0.3 is 5.73 Å². The van der Waals surface area contributed by atoms with Gasteiger partial charge in [0.2, 0.25) is 0 Å². The van der Waals surface area contributed by atoms with Crippen LogP contribution in [0.2, 0.25) is 0 Å². The highest BCUT2D eigenvalue weighted by molar-refractivity contribution is 7.90. The first-order valence-corrected chi connectivity index (χ1v) is 9.00. The molecule has 0 aromatic heterocycles. The average molecular weight is 307 g/mol. The first-order valence-electron chi connectivity index (χ1n) is 7.52. The van der Waals surface area contributed by atoms with Crippen LogP contribution in [0.5, 0.6) is 0 Å². The van der Waals surface area contributed by atoms with Crippen molar-refractivity contribution in [3.8, 4) is 0 Å². The summed E-state index contributed by atoms with van der Waals surface area (Å²) in [5, 5.41) is 0. The van der Waals surface area contributed by atoms with Crippen LogP contribution in [0.15, 0.2) is 34.2 Å². The highest BCUT2D eigenvalue weighted by atomic mass is 32.2. The van der Waals surface area contributed by atoms with E-state index in [4.69, 9.17) is 5.73 Å². The highest BCUT2D eigenvalue weighted by Gasteiger charge is 2.32. The van der Waals surface area contributed by atoms with Gasteiger partial charge in [-0.05, 0) is 30.9 Å². The third-order valence-corrected chi connectivity index (χ3v) is 5.79. The molecule has 1 heterocycles. The van der Waals surface area contributed by atoms with E-state index >= 15 is 0 Å². The molecule has 0 saturated heterocycles. The van der Waals surface area contributed by atoms with E-state index in [0.29, 0.717) is 28.8 Å². The SMILES string of the molecule is NCC(N=C1NS(=O)(=O)c2ccccc21)C1CCCCC1. The Labute approximate surface area is 125 Å². The van der Waals surface area contributed by atoms with Crippen molar-refractivity contribution < 1.29 is 8.42 Å². The standard InChI is InChI=1S/C15H21N3O2S/c16-10-13(11-6-2-1-3-7-11)17-15-12-8-4-5-9-14(12)21(19,20)18-15/h4-5,8-9,11,13H,1-3,6-7,10,16H2,(H,17,18). The molecule has 1 aromatic carbocycles. The number of hydrogen-bond donors (Lipinski definition) is 2. The summed E-state index contributed by atoms with van der Waals surface area (Å²) in [6, 6.07) is 6.95. The molecule has 1 aliphatic heterocycles. The number of fused-ring (bicyclic) bond motifs is 1. The van der Waals surface area contributed by atoms with E-state index in [1.165, 1.54) is 19.3 Å². The van der Waals surface area contributed by atoms with E-state index < -0.39 is 10.0 Å². The number of nitrogens with zero attached hydrogens (tertiary/aromatic N) is 1. The fraction of sp³-hybridized carbons (Fsp3) is 0.533. The van der Waals surface area contributed by atoms with E-state index in [0.717, 1.165) is 12.8 Å². The van der Waals surface area contributed by atoms with Crippen LogP contribution in [0.3, 0.4) is 0 Å². The number of hydrogen-bond acceptors (Lipinski definition) is 4. The number of nitrogens with two attached hydrogens (primary N) is 1. The molecule has 1 atom stereocenters. The molecule has 1 fully saturated rings. The van der Waals surface area contributed by atoms with Gasteiger partial charge in [-0.15, -0.1) is 0 Å². The van der Waals surface area contributed by atoms with E-state index in [2.05, 4.69) is 9.71 Å². The number of benzene rings is 1. The zero-order valence-electron chi connectivity index (χ0n) is 12.0. The zero-order chi connectivity index (χ0) is 14.9. The lowest BCUT2D eigenvalue weighted by atomic mass is 9.84. The highest BCUT2D eigenvalue weighted by Crippen LogP contribution is 2.29. The first-order chi connectivity index (χ1) is 10.1. The van der Waals surface area contributed by atoms with Crippen LogP contribution >= 0.6 is 0 Å². The van der Waals surface area contributed by atoms with Crippen molar-refractivity contribution in [2.75, 3.05) is 6.54 Å². The van der Waals surface area contributed by atoms with E-state index in [-0.39, 0.29) is 6.04 Å². The van der Waals surface area contributed by atoms with Gasteiger partial charge in [0, 0.05) is 12.1 Å². The largest absolute Gasteiger partial charge is 0.328 e. The van der Waals surface area contributed by atoms with Crippen LogP contribution in [-0.4, -0.2) is 26.8 Å². The maximum absolute atomic E-state index is 12.1. The van der Waals surface area contributed by atoms with Gasteiger partial charge in [-0.3, -0.25) is 9.71 Å². The normalized spacial score (nSPS) is 24.5.